The van der Waals surface area contributed by atoms with E-state index in [2.05, 4.69) is 20.3 Å². The van der Waals surface area contributed by atoms with Crippen molar-refractivity contribution >= 4 is 33.0 Å². The number of thiophene rings is 1. The number of rotatable bonds is 5. The van der Waals surface area contributed by atoms with Gasteiger partial charge in [-0.25, -0.2) is 19.5 Å². The second-order valence-electron chi connectivity index (χ2n) is 8.16. The second-order valence-corrected chi connectivity index (χ2v) is 9.24. The van der Waals surface area contributed by atoms with E-state index in [0.29, 0.717) is 6.54 Å². The van der Waals surface area contributed by atoms with Crippen LogP contribution in [0.5, 0.6) is 0 Å². The molecule has 4 aromatic rings. The average molecular weight is 436 g/mol. The van der Waals surface area contributed by atoms with Crippen molar-refractivity contribution < 1.29 is 4.74 Å². The van der Waals surface area contributed by atoms with Crippen molar-refractivity contribution in [3.05, 3.63) is 46.5 Å². The van der Waals surface area contributed by atoms with Crippen molar-refractivity contribution in [2.45, 2.75) is 38.8 Å². The number of ether oxygens (including phenoxy) is 1. The maximum absolute atomic E-state index is 5.50. The fraction of sp³-hybridized carbons (Fsp3) is 0.455. The lowest BCUT2D eigenvalue weighted by Crippen LogP contribution is -2.36. The first kappa shape index (κ1) is 19.1. The monoisotopic (exact) mass is 435 g/mol. The first-order chi connectivity index (χ1) is 15.3. The molecule has 5 heterocycles. The third kappa shape index (κ3) is 3.66. The van der Waals surface area contributed by atoms with Crippen LogP contribution >= 0.6 is 11.3 Å². The van der Waals surface area contributed by atoms with Crippen molar-refractivity contribution in [1.29, 1.82) is 0 Å². The molecule has 1 N–H and O–H groups in total. The van der Waals surface area contributed by atoms with Crippen LogP contribution < -0.4 is 5.32 Å². The largest absolute Gasteiger partial charge is 0.379 e. The lowest BCUT2D eigenvalue weighted by molar-refractivity contribution is 0.0331. The maximum atomic E-state index is 5.50. The highest BCUT2D eigenvalue weighted by atomic mass is 32.1. The normalized spacial score (nSPS) is 17.3. The van der Waals surface area contributed by atoms with Gasteiger partial charge in [0.05, 0.1) is 43.6 Å². The maximum Gasteiger partial charge on any atom is 0.155 e. The van der Waals surface area contributed by atoms with Crippen molar-refractivity contribution in [3.8, 4) is 0 Å². The van der Waals surface area contributed by atoms with Gasteiger partial charge in [-0.05, 0) is 37.3 Å². The van der Waals surface area contributed by atoms with Crippen molar-refractivity contribution in [1.82, 2.24) is 29.5 Å². The van der Waals surface area contributed by atoms with Crippen LogP contribution in [-0.4, -0.2) is 55.8 Å². The summed E-state index contributed by atoms with van der Waals surface area (Å²) in [6.45, 7) is 4.81. The van der Waals surface area contributed by atoms with Crippen LogP contribution in [0.3, 0.4) is 0 Å². The molecule has 0 saturated carbocycles. The van der Waals surface area contributed by atoms with Crippen LogP contribution in [0.15, 0.2) is 24.5 Å². The molecule has 6 rings (SSSR count). The molecule has 31 heavy (non-hydrogen) atoms. The van der Waals surface area contributed by atoms with Crippen molar-refractivity contribution in [2.75, 3.05) is 31.6 Å². The summed E-state index contributed by atoms with van der Waals surface area (Å²) in [5.74, 6) is 1.83. The smallest absolute Gasteiger partial charge is 0.155 e. The van der Waals surface area contributed by atoms with Gasteiger partial charge in [0.15, 0.2) is 5.65 Å². The molecule has 9 heteroatoms. The van der Waals surface area contributed by atoms with E-state index in [1.54, 1.807) is 6.20 Å². The zero-order valence-corrected chi connectivity index (χ0v) is 18.2. The number of morpholine rings is 1. The first-order valence-electron chi connectivity index (χ1n) is 11.0. The van der Waals surface area contributed by atoms with Gasteiger partial charge in [0.1, 0.15) is 16.5 Å². The molecule has 8 nitrogen and oxygen atoms in total. The minimum Gasteiger partial charge on any atom is -0.379 e. The first-order valence-corrected chi connectivity index (χ1v) is 11.8. The molecule has 1 aliphatic heterocycles. The van der Waals surface area contributed by atoms with E-state index in [9.17, 15) is 0 Å². The molecule has 0 radical (unpaired) electrons. The van der Waals surface area contributed by atoms with E-state index in [4.69, 9.17) is 14.7 Å². The van der Waals surface area contributed by atoms with Crippen LogP contribution in [0.2, 0.25) is 0 Å². The van der Waals surface area contributed by atoms with Gasteiger partial charge in [0.25, 0.3) is 0 Å². The summed E-state index contributed by atoms with van der Waals surface area (Å²) in [5, 5.41) is 9.26. The third-order valence-corrected chi connectivity index (χ3v) is 7.32. The molecule has 0 unspecified atom stereocenters. The number of hydrogen-bond acceptors (Lipinski definition) is 8. The molecule has 0 amide bonds. The molecule has 0 bridgehead atoms. The van der Waals surface area contributed by atoms with E-state index in [1.807, 2.05) is 34.2 Å². The minimum atomic E-state index is 0.633. The molecule has 1 fully saturated rings. The Morgan fingerprint density at radius 3 is 2.90 bits per heavy atom. The molecule has 1 aliphatic carbocycles. The lowest BCUT2D eigenvalue weighted by Gasteiger charge is -2.25. The van der Waals surface area contributed by atoms with Crippen LogP contribution in [-0.2, 0) is 30.7 Å². The Balaban J connectivity index is 1.37. The van der Waals surface area contributed by atoms with E-state index < -0.39 is 0 Å². The van der Waals surface area contributed by atoms with E-state index in [0.717, 1.165) is 73.5 Å². The molecule has 160 valence electrons. The zero-order chi connectivity index (χ0) is 20.6. The molecule has 0 atom stereocenters. The third-order valence-electron chi connectivity index (χ3n) is 6.14. The summed E-state index contributed by atoms with van der Waals surface area (Å²) < 4.78 is 7.37. The van der Waals surface area contributed by atoms with Crippen LogP contribution in [0.4, 0.5) is 5.82 Å². The number of aryl methyl sites for hydroxylation is 2. The van der Waals surface area contributed by atoms with Gasteiger partial charge in [0, 0.05) is 30.2 Å². The quantitative estimate of drug-likeness (QED) is 0.516. The van der Waals surface area contributed by atoms with Crippen LogP contribution in [0, 0.1) is 0 Å². The molecule has 0 aromatic carbocycles. The van der Waals surface area contributed by atoms with Crippen LogP contribution in [0.25, 0.3) is 15.9 Å². The predicted molar refractivity (Wildman–Crippen MR) is 120 cm³/mol. The van der Waals surface area contributed by atoms with Gasteiger partial charge >= 0.3 is 0 Å². The average Bonchev–Trinajstić information content (AvgIpc) is 3.43. The number of anilines is 1. The Bertz CT molecular complexity index is 1230. The van der Waals surface area contributed by atoms with E-state index in [1.165, 1.54) is 28.7 Å². The van der Waals surface area contributed by atoms with Gasteiger partial charge < -0.3 is 10.1 Å². The van der Waals surface area contributed by atoms with Gasteiger partial charge in [-0.15, -0.1) is 11.3 Å². The summed E-state index contributed by atoms with van der Waals surface area (Å²) >= 11 is 1.85. The number of hydrogen-bond donors (Lipinski definition) is 1. The molecule has 2 aliphatic rings. The Morgan fingerprint density at radius 2 is 1.97 bits per heavy atom. The van der Waals surface area contributed by atoms with E-state index >= 15 is 0 Å². The second kappa shape index (κ2) is 8.14. The SMILES string of the molecule is c1cc(CNc2nc(CN3CCOCC3)nc3sc4c(c23)CCCC4)n2nccc2n1. The Hall–Kier alpha value is -2.62. The summed E-state index contributed by atoms with van der Waals surface area (Å²) in [4.78, 5) is 19.3. The summed E-state index contributed by atoms with van der Waals surface area (Å²) in [7, 11) is 0. The molecular weight excluding hydrogens is 410 g/mol. The van der Waals surface area contributed by atoms with Gasteiger partial charge in [0.2, 0.25) is 0 Å². The van der Waals surface area contributed by atoms with Gasteiger partial charge in [-0.1, -0.05) is 0 Å². The molecule has 4 aromatic heterocycles. The minimum absolute atomic E-state index is 0.633. The number of nitrogens with one attached hydrogen (secondary N) is 1. The standard InChI is InChI=1S/C22H25N7OS/c1-2-4-17-16(3-1)20-21(24-13-15-5-7-23-19-6-8-25-29(15)19)26-18(27-22(20)31-17)14-28-9-11-30-12-10-28/h5-8H,1-4,9-14H2,(H,24,26,27). The van der Waals surface area contributed by atoms with Crippen molar-refractivity contribution in [2.24, 2.45) is 0 Å². The predicted octanol–water partition coefficient (Wildman–Crippen LogP) is 3.06. The van der Waals surface area contributed by atoms with E-state index in [-0.39, 0.29) is 0 Å². The highest BCUT2D eigenvalue weighted by Crippen LogP contribution is 2.38. The molecular formula is C22H25N7OS. The van der Waals surface area contributed by atoms with Crippen molar-refractivity contribution in [3.63, 3.8) is 0 Å². The Kier molecular flexibility index (Phi) is 5.01. The number of fused-ring (bicyclic) bond motifs is 4. The Labute approximate surface area is 184 Å². The summed E-state index contributed by atoms with van der Waals surface area (Å²) in [6.07, 6.45) is 8.41. The summed E-state index contributed by atoms with van der Waals surface area (Å²) in [6, 6.07) is 3.92. The fourth-order valence-corrected chi connectivity index (χ4v) is 5.83. The fourth-order valence-electron chi connectivity index (χ4n) is 4.55. The number of nitrogens with zero attached hydrogens (tertiary/aromatic N) is 6. The highest BCUT2D eigenvalue weighted by Gasteiger charge is 2.22. The van der Waals surface area contributed by atoms with Gasteiger partial charge in [-0.3, -0.25) is 4.90 Å². The Morgan fingerprint density at radius 1 is 1.06 bits per heavy atom. The molecule has 1 saturated heterocycles. The lowest BCUT2D eigenvalue weighted by atomic mass is 9.97. The van der Waals surface area contributed by atoms with Gasteiger partial charge in [-0.2, -0.15) is 5.10 Å². The zero-order valence-electron chi connectivity index (χ0n) is 17.4. The molecule has 0 spiro atoms. The summed E-state index contributed by atoms with van der Waals surface area (Å²) in [5.41, 5.74) is 3.36. The van der Waals surface area contributed by atoms with Crippen LogP contribution in [0.1, 0.15) is 34.8 Å². The topological polar surface area (TPSA) is 80.5 Å². The number of aromatic nitrogens is 5. The highest BCUT2D eigenvalue weighted by molar-refractivity contribution is 7.19.